The smallest absolute Gasteiger partial charge is 0.336 e. The van der Waals surface area contributed by atoms with Gasteiger partial charge in [-0.2, -0.15) is 0 Å². The molecule has 0 spiro atoms. The minimum atomic E-state index is -0.730. The van der Waals surface area contributed by atoms with Crippen molar-refractivity contribution in [3.8, 4) is 23.8 Å². The number of halogens is 1. The van der Waals surface area contributed by atoms with E-state index in [0.29, 0.717) is 44.1 Å². The van der Waals surface area contributed by atoms with Crippen LogP contribution in [0.1, 0.15) is 39.2 Å². The SMILES string of the molecule is C#CCOc1c(Br)cc(C2C(C(=O)OCC)=C(C)NC(C)=C2C(=O)OCC)cc1OC. The average Bonchev–Trinajstić information content (AvgIpc) is 2.71. The van der Waals surface area contributed by atoms with Crippen LogP contribution in [0.5, 0.6) is 11.5 Å². The van der Waals surface area contributed by atoms with E-state index in [0.717, 1.165) is 0 Å². The molecule has 1 N–H and O–H groups in total. The normalized spacial score (nSPS) is 14.0. The largest absolute Gasteiger partial charge is 0.493 e. The number of hydrogen-bond donors (Lipinski definition) is 1. The zero-order chi connectivity index (χ0) is 23.1. The number of benzene rings is 1. The number of esters is 2. The molecule has 1 aromatic rings. The highest BCUT2D eigenvalue weighted by Crippen LogP contribution is 2.44. The number of dihydropyridines is 1. The Bertz CT molecular complexity index is 933. The van der Waals surface area contributed by atoms with E-state index < -0.39 is 17.9 Å². The van der Waals surface area contributed by atoms with Gasteiger partial charge in [0.2, 0.25) is 0 Å². The molecule has 0 bridgehead atoms. The Kier molecular flexibility index (Phi) is 8.57. The Morgan fingerprint density at radius 1 is 1.10 bits per heavy atom. The maximum absolute atomic E-state index is 12.9. The Balaban J connectivity index is 2.73. The second-order valence-electron chi connectivity index (χ2n) is 6.60. The fourth-order valence-electron chi connectivity index (χ4n) is 3.45. The van der Waals surface area contributed by atoms with Gasteiger partial charge in [-0.05, 0) is 61.3 Å². The molecule has 166 valence electrons. The molecule has 0 amide bonds. The van der Waals surface area contributed by atoms with Gasteiger partial charge in [-0.3, -0.25) is 0 Å². The first-order valence-corrected chi connectivity index (χ1v) is 10.6. The quantitative estimate of drug-likeness (QED) is 0.436. The van der Waals surface area contributed by atoms with Crippen molar-refractivity contribution in [2.45, 2.75) is 33.6 Å². The molecule has 0 radical (unpaired) electrons. The molecule has 1 heterocycles. The number of rotatable bonds is 8. The molecule has 0 saturated heterocycles. The number of ether oxygens (including phenoxy) is 4. The lowest BCUT2D eigenvalue weighted by molar-refractivity contribution is -0.139. The Labute approximate surface area is 190 Å². The lowest BCUT2D eigenvalue weighted by Gasteiger charge is -2.31. The number of methoxy groups -OCH3 is 1. The van der Waals surface area contributed by atoms with Crippen LogP contribution in [0.15, 0.2) is 39.1 Å². The highest BCUT2D eigenvalue weighted by Gasteiger charge is 2.38. The highest BCUT2D eigenvalue weighted by atomic mass is 79.9. The topological polar surface area (TPSA) is 83.1 Å². The van der Waals surface area contributed by atoms with E-state index in [9.17, 15) is 9.59 Å². The van der Waals surface area contributed by atoms with Gasteiger partial charge in [0.25, 0.3) is 0 Å². The summed E-state index contributed by atoms with van der Waals surface area (Å²) in [5.41, 5.74) is 2.46. The predicted molar refractivity (Wildman–Crippen MR) is 120 cm³/mol. The predicted octanol–water partition coefficient (Wildman–Crippen LogP) is 3.83. The number of hydrogen-bond acceptors (Lipinski definition) is 7. The summed E-state index contributed by atoms with van der Waals surface area (Å²) in [6.45, 7) is 7.44. The van der Waals surface area contributed by atoms with Gasteiger partial charge in [-0.1, -0.05) is 5.92 Å². The summed E-state index contributed by atoms with van der Waals surface area (Å²) in [7, 11) is 1.50. The number of carbonyl (C=O) groups is 2. The van der Waals surface area contributed by atoms with Crippen LogP contribution in [-0.2, 0) is 19.1 Å². The van der Waals surface area contributed by atoms with Crippen LogP contribution >= 0.6 is 15.9 Å². The van der Waals surface area contributed by atoms with Gasteiger partial charge in [0, 0.05) is 11.4 Å². The third kappa shape index (κ3) is 5.23. The molecule has 0 aromatic heterocycles. The summed E-state index contributed by atoms with van der Waals surface area (Å²) in [5.74, 6) is 1.47. The summed E-state index contributed by atoms with van der Waals surface area (Å²) >= 11 is 3.49. The summed E-state index contributed by atoms with van der Waals surface area (Å²) in [5, 5.41) is 3.11. The van der Waals surface area contributed by atoms with Gasteiger partial charge in [0.05, 0.1) is 41.9 Å². The van der Waals surface area contributed by atoms with E-state index in [4.69, 9.17) is 25.4 Å². The van der Waals surface area contributed by atoms with E-state index in [2.05, 4.69) is 27.2 Å². The number of allylic oxidation sites excluding steroid dienone is 2. The van der Waals surface area contributed by atoms with E-state index in [1.165, 1.54) is 7.11 Å². The monoisotopic (exact) mass is 491 g/mol. The molecule has 8 heteroatoms. The van der Waals surface area contributed by atoms with Crippen molar-refractivity contribution in [2.24, 2.45) is 0 Å². The first-order chi connectivity index (χ1) is 14.8. The fraction of sp³-hybridized carbons (Fsp3) is 0.391. The van der Waals surface area contributed by atoms with Crippen LogP contribution in [0.4, 0.5) is 0 Å². The van der Waals surface area contributed by atoms with Crippen LogP contribution in [-0.4, -0.2) is 38.9 Å². The van der Waals surface area contributed by atoms with Crippen LogP contribution in [0, 0.1) is 12.3 Å². The van der Waals surface area contributed by atoms with Crippen molar-refractivity contribution in [3.63, 3.8) is 0 Å². The van der Waals surface area contributed by atoms with Crippen LogP contribution in [0.3, 0.4) is 0 Å². The molecule has 0 fully saturated rings. The minimum Gasteiger partial charge on any atom is -0.493 e. The number of nitrogens with one attached hydrogen (secondary N) is 1. The second-order valence-corrected chi connectivity index (χ2v) is 7.46. The molecule has 1 aromatic carbocycles. The number of terminal acetylenes is 1. The van der Waals surface area contributed by atoms with E-state index >= 15 is 0 Å². The molecule has 2 rings (SSSR count). The molecule has 7 nitrogen and oxygen atoms in total. The van der Waals surface area contributed by atoms with Gasteiger partial charge in [-0.15, -0.1) is 6.42 Å². The first-order valence-electron chi connectivity index (χ1n) is 9.77. The molecule has 0 saturated carbocycles. The van der Waals surface area contributed by atoms with Crippen molar-refractivity contribution in [1.29, 1.82) is 0 Å². The molecule has 0 atom stereocenters. The second kappa shape index (κ2) is 10.9. The summed E-state index contributed by atoms with van der Waals surface area (Å²) in [4.78, 5) is 25.8. The summed E-state index contributed by atoms with van der Waals surface area (Å²) < 4.78 is 22.2. The van der Waals surface area contributed by atoms with Crippen LogP contribution in [0.2, 0.25) is 0 Å². The zero-order valence-corrected chi connectivity index (χ0v) is 19.8. The third-order valence-electron chi connectivity index (χ3n) is 4.64. The molecule has 31 heavy (non-hydrogen) atoms. The Morgan fingerprint density at radius 3 is 2.10 bits per heavy atom. The summed E-state index contributed by atoms with van der Waals surface area (Å²) in [6, 6.07) is 3.48. The molecule has 1 aliphatic heterocycles. The van der Waals surface area contributed by atoms with E-state index in [-0.39, 0.29) is 19.8 Å². The maximum Gasteiger partial charge on any atom is 0.336 e. The lowest BCUT2D eigenvalue weighted by atomic mass is 9.80. The van der Waals surface area contributed by atoms with Crippen molar-refractivity contribution in [3.05, 3.63) is 44.7 Å². The molecule has 0 aliphatic carbocycles. The first kappa shape index (κ1) is 24.4. The Morgan fingerprint density at radius 2 is 1.65 bits per heavy atom. The van der Waals surface area contributed by atoms with Gasteiger partial charge in [0.1, 0.15) is 6.61 Å². The van der Waals surface area contributed by atoms with Gasteiger partial charge >= 0.3 is 11.9 Å². The molecule has 1 aliphatic rings. The van der Waals surface area contributed by atoms with E-state index in [1.807, 2.05) is 0 Å². The fourth-order valence-corrected chi connectivity index (χ4v) is 4.02. The summed E-state index contributed by atoms with van der Waals surface area (Å²) in [6.07, 6.45) is 5.30. The van der Waals surface area contributed by atoms with Crippen molar-refractivity contribution >= 4 is 27.9 Å². The van der Waals surface area contributed by atoms with Gasteiger partial charge in [-0.25, -0.2) is 9.59 Å². The van der Waals surface area contributed by atoms with E-state index in [1.54, 1.807) is 39.8 Å². The van der Waals surface area contributed by atoms with Crippen molar-refractivity contribution in [1.82, 2.24) is 5.32 Å². The van der Waals surface area contributed by atoms with Crippen LogP contribution < -0.4 is 14.8 Å². The van der Waals surface area contributed by atoms with Crippen LogP contribution in [0.25, 0.3) is 0 Å². The highest BCUT2D eigenvalue weighted by molar-refractivity contribution is 9.10. The Hall–Kier alpha value is -2.92. The molecular formula is C23H26BrNO6. The maximum atomic E-state index is 12.9. The van der Waals surface area contributed by atoms with Gasteiger partial charge < -0.3 is 24.3 Å². The van der Waals surface area contributed by atoms with Gasteiger partial charge in [0.15, 0.2) is 11.5 Å². The minimum absolute atomic E-state index is 0.0574. The zero-order valence-electron chi connectivity index (χ0n) is 18.3. The molecule has 0 unspecified atom stereocenters. The standard InChI is InChI=1S/C23H26BrNO6/c1-7-10-31-21-16(24)11-15(12-17(21)28-6)20-18(22(26)29-8-2)13(4)25-14(5)19(20)23(27)30-9-3/h1,11-12,20,25H,8-10H2,2-6H3. The van der Waals surface area contributed by atoms with Crippen molar-refractivity contribution < 1.29 is 28.5 Å². The molecular weight excluding hydrogens is 466 g/mol. The average molecular weight is 492 g/mol. The van der Waals surface area contributed by atoms with Crippen molar-refractivity contribution in [2.75, 3.05) is 26.9 Å². The lowest BCUT2D eigenvalue weighted by Crippen LogP contribution is -2.32. The third-order valence-corrected chi connectivity index (χ3v) is 5.23. The number of carbonyl (C=O) groups excluding carboxylic acids is 2.